The predicted octanol–water partition coefficient (Wildman–Crippen LogP) is 1.90. The number of nitrogens with two attached hydrogens (primary N) is 1. The molecule has 2 N–H and O–H groups in total. The number of carbonyl (C=O) groups excluding carboxylic acids is 1. The fourth-order valence-corrected chi connectivity index (χ4v) is 2.98. The lowest BCUT2D eigenvalue weighted by atomic mass is 10.2. The van der Waals surface area contributed by atoms with Gasteiger partial charge in [0.1, 0.15) is 0 Å². The largest absolute Gasteiger partial charge is 0.398 e. The normalized spacial score (nSPS) is 20.5. The first-order chi connectivity index (χ1) is 7.58. The van der Waals surface area contributed by atoms with Crippen molar-refractivity contribution in [3.63, 3.8) is 0 Å². The van der Waals surface area contributed by atoms with Gasteiger partial charge in [0, 0.05) is 24.2 Å². The number of amides is 1. The van der Waals surface area contributed by atoms with E-state index in [2.05, 4.69) is 0 Å². The second kappa shape index (κ2) is 4.37. The standard InChI is InChI=1S/C12H16N2OS/c1-8-3-4-10(9(13)7-8)16-11-5-6-14(2)12(11)15/h3-4,7,11H,5-6,13H2,1-2H3. The molecule has 1 amide bonds. The first-order valence-corrected chi connectivity index (χ1v) is 6.23. The van der Waals surface area contributed by atoms with Gasteiger partial charge in [-0.25, -0.2) is 0 Å². The van der Waals surface area contributed by atoms with Crippen LogP contribution in [-0.2, 0) is 4.79 Å². The maximum Gasteiger partial charge on any atom is 0.235 e. The molecule has 1 atom stereocenters. The quantitative estimate of drug-likeness (QED) is 0.798. The number of aryl methyl sites for hydroxylation is 1. The fraction of sp³-hybridized carbons (Fsp3) is 0.417. The molecule has 1 saturated heterocycles. The topological polar surface area (TPSA) is 46.3 Å². The van der Waals surface area contributed by atoms with Crippen molar-refractivity contribution >= 4 is 23.4 Å². The van der Waals surface area contributed by atoms with Crippen molar-refractivity contribution in [2.45, 2.75) is 23.5 Å². The summed E-state index contributed by atoms with van der Waals surface area (Å²) in [4.78, 5) is 14.5. The van der Waals surface area contributed by atoms with Crippen LogP contribution in [0.25, 0.3) is 0 Å². The van der Waals surface area contributed by atoms with Gasteiger partial charge in [-0.05, 0) is 31.0 Å². The Hall–Kier alpha value is -1.16. The third-order valence-electron chi connectivity index (χ3n) is 2.81. The van der Waals surface area contributed by atoms with Crippen molar-refractivity contribution in [3.05, 3.63) is 23.8 Å². The Kier molecular flexibility index (Phi) is 3.10. The Balaban J connectivity index is 2.12. The summed E-state index contributed by atoms with van der Waals surface area (Å²) in [5.41, 5.74) is 7.85. The average molecular weight is 236 g/mol. The molecular formula is C12H16N2OS. The van der Waals surface area contributed by atoms with Gasteiger partial charge in [-0.2, -0.15) is 0 Å². The van der Waals surface area contributed by atoms with Crippen LogP contribution in [0.15, 0.2) is 23.1 Å². The van der Waals surface area contributed by atoms with E-state index in [9.17, 15) is 4.79 Å². The summed E-state index contributed by atoms with van der Waals surface area (Å²) in [5, 5.41) is 0.0370. The first-order valence-electron chi connectivity index (χ1n) is 5.35. The number of nitrogen functional groups attached to an aromatic ring is 1. The molecule has 3 nitrogen and oxygen atoms in total. The third kappa shape index (κ3) is 2.16. The minimum atomic E-state index is 0.0370. The highest BCUT2D eigenvalue weighted by Crippen LogP contribution is 2.33. The van der Waals surface area contributed by atoms with Gasteiger partial charge in [-0.1, -0.05) is 6.07 Å². The molecule has 0 bridgehead atoms. The van der Waals surface area contributed by atoms with E-state index >= 15 is 0 Å². The molecule has 16 heavy (non-hydrogen) atoms. The van der Waals surface area contributed by atoms with Gasteiger partial charge < -0.3 is 10.6 Å². The molecule has 0 aliphatic carbocycles. The van der Waals surface area contributed by atoms with Crippen LogP contribution in [0.3, 0.4) is 0 Å². The lowest BCUT2D eigenvalue weighted by Crippen LogP contribution is -2.23. The molecule has 86 valence electrons. The van der Waals surface area contributed by atoms with Crippen LogP contribution >= 0.6 is 11.8 Å². The van der Waals surface area contributed by atoms with Gasteiger partial charge in [0.15, 0.2) is 0 Å². The monoisotopic (exact) mass is 236 g/mol. The van der Waals surface area contributed by atoms with Crippen LogP contribution in [-0.4, -0.2) is 29.6 Å². The fourth-order valence-electron chi connectivity index (χ4n) is 1.83. The van der Waals surface area contributed by atoms with Gasteiger partial charge in [0.2, 0.25) is 5.91 Å². The Bertz CT molecular complexity index is 419. The van der Waals surface area contributed by atoms with E-state index < -0.39 is 0 Å². The smallest absolute Gasteiger partial charge is 0.235 e. The van der Waals surface area contributed by atoms with E-state index in [1.165, 1.54) is 0 Å². The molecule has 1 unspecified atom stereocenters. The molecule has 1 fully saturated rings. The van der Waals surface area contributed by atoms with Crippen molar-refractivity contribution < 1.29 is 4.79 Å². The SMILES string of the molecule is Cc1ccc(SC2CCN(C)C2=O)c(N)c1. The summed E-state index contributed by atoms with van der Waals surface area (Å²) >= 11 is 1.58. The summed E-state index contributed by atoms with van der Waals surface area (Å²) < 4.78 is 0. The Morgan fingerprint density at radius 2 is 2.25 bits per heavy atom. The number of carbonyl (C=O) groups is 1. The van der Waals surface area contributed by atoms with Gasteiger partial charge in [-0.3, -0.25) is 4.79 Å². The zero-order chi connectivity index (χ0) is 11.7. The molecule has 0 saturated carbocycles. The van der Waals surface area contributed by atoms with Crippen LogP contribution in [0.1, 0.15) is 12.0 Å². The molecule has 4 heteroatoms. The minimum Gasteiger partial charge on any atom is -0.398 e. The molecule has 1 heterocycles. The van der Waals surface area contributed by atoms with Crippen molar-refractivity contribution in [3.8, 4) is 0 Å². The summed E-state index contributed by atoms with van der Waals surface area (Å²) in [7, 11) is 1.85. The molecule has 1 aromatic carbocycles. The molecule has 1 aromatic rings. The highest BCUT2D eigenvalue weighted by molar-refractivity contribution is 8.00. The minimum absolute atomic E-state index is 0.0370. The number of benzene rings is 1. The van der Waals surface area contributed by atoms with Crippen molar-refractivity contribution in [1.82, 2.24) is 4.90 Å². The number of rotatable bonds is 2. The summed E-state index contributed by atoms with van der Waals surface area (Å²) in [5.74, 6) is 0.213. The first kappa shape index (κ1) is 11.3. The molecule has 0 aromatic heterocycles. The number of thioether (sulfide) groups is 1. The van der Waals surface area contributed by atoms with E-state index in [-0.39, 0.29) is 11.2 Å². The molecule has 0 radical (unpaired) electrons. The Labute approximate surface area is 100.0 Å². The molecule has 1 aliphatic rings. The van der Waals surface area contributed by atoms with Crippen molar-refractivity contribution in [2.24, 2.45) is 0 Å². The second-order valence-electron chi connectivity index (χ2n) is 4.20. The van der Waals surface area contributed by atoms with E-state index in [1.807, 2.05) is 32.2 Å². The van der Waals surface area contributed by atoms with Gasteiger partial charge in [-0.15, -0.1) is 11.8 Å². The van der Waals surface area contributed by atoms with E-state index in [1.54, 1.807) is 16.7 Å². The van der Waals surface area contributed by atoms with Gasteiger partial charge >= 0.3 is 0 Å². The number of nitrogens with zero attached hydrogens (tertiary/aromatic N) is 1. The van der Waals surface area contributed by atoms with E-state index in [0.29, 0.717) is 0 Å². The molecule has 0 spiro atoms. The van der Waals surface area contributed by atoms with Crippen molar-refractivity contribution in [2.75, 3.05) is 19.3 Å². The van der Waals surface area contributed by atoms with Gasteiger partial charge in [0.05, 0.1) is 5.25 Å². The van der Waals surface area contributed by atoms with Crippen LogP contribution in [0, 0.1) is 6.92 Å². The zero-order valence-electron chi connectivity index (χ0n) is 9.56. The number of hydrogen-bond donors (Lipinski definition) is 1. The van der Waals surface area contributed by atoms with Gasteiger partial charge in [0.25, 0.3) is 0 Å². The Morgan fingerprint density at radius 3 is 2.81 bits per heavy atom. The van der Waals surface area contributed by atoms with Crippen LogP contribution in [0.4, 0.5) is 5.69 Å². The van der Waals surface area contributed by atoms with Crippen LogP contribution in [0.2, 0.25) is 0 Å². The zero-order valence-corrected chi connectivity index (χ0v) is 10.4. The Morgan fingerprint density at radius 1 is 1.50 bits per heavy atom. The molecular weight excluding hydrogens is 220 g/mol. The molecule has 1 aliphatic heterocycles. The summed E-state index contributed by atoms with van der Waals surface area (Å²) in [6.07, 6.45) is 0.910. The summed E-state index contributed by atoms with van der Waals surface area (Å²) in [6.45, 7) is 2.86. The highest BCUT2D eigenvalue weighted by Gasteiger charge is 2.30. The summed E-state index contributed by atoms with van der Waals surface area (Å²) in [6, 6.07) is 5.98. The third-order valence-corrected chi connectivity index (χ3v) is 4.16. The number of hydrogen-bond acceptors (Lipinski definition) is 3. The lowest BCUT2D eigenvalue weighted by molar-refractivity contribution is -0.126. The van der Waals surface area contributed by atoms with E-state index in [4.69, 9.17) is 5.73 Å². The highest BCUT2D eigenvalue weighted by atomic mass is 32.2. The number of anilines is 1. The molecule has 2 rings (SSSR count). The average Bonchev–Trinajstić information content (AvgIpc) is 2.54. The predicted molar refractivity (Wildman–Crippen MR) is 67.5 cm³/mol. The van der Waals surface area contributed by atoms with Crippen LogP contribution < -0.4 is 5.73 Å². The van der Waals surface area contributed by atoms with Crippen molar-refractivity contribution in [1.29, 1.82) is 0 Å². The maximum atomic E-state index is 11.8. The van der Waals surface area contributed by atoms with E-state index in [0.717, 1.165) is 29.1 Å². The maximum absolute atomic E-state index is 11.8. The number of likely N-dealkylation sites (tertiary alicyclic amines) is 1. The second-order valence-corrected chi connectivity index (χ2v) is 5.44. The lowest BCUT2D eigenvalue weighted by Gasteiger charge is -2.11. The van der Waals surface area contributed by atoms with Crippen LogP contribution in [0.5, 0.6) is 0 Å².